The standard InChI is InChI=1S/C15H14FN3O/c1-11-17-15-7-2-12(10-19(15)18-11)8-9-20-14-5-3-13(16)4-6-14/h2-7,10H,8-9H2,1H3. The molecule has 0 bridgehead atoms. The number of halogens is 1. The van der Waals surface area contributed by atoms with Crippen LogP contribution >= 0.6 is 0 Å². The van der Waals surface area contributed by atoms with Crippen molar-refractivity contribution in [2.45, 2.75) is 13.3 Å². The van der Waals surface area contributed by atoms with Gasteiger partial charge < -0.3 is 4.74 Å². The first-order valence-corrected chi connectivity index (χ1v) is 6.41. The molecule has 0 aliphatic rings. The maximum absolute atomic E-state index is 12.8. The molecule has 4 nitrogen and oxygen atoms in total. The quantitative estimate of drug-likeness (QED) is 0.732. The van der Waals surface area contributed by atoms with Crippen LogP contribution in [0.15, 0.2) is 42.6 Å². The number of benzene rings is 1. The van der Waals surface area contributed by atoms with Gasteiger partial charge in [-0.05, 0) is 42.8 Å². The smallest absolute Gasteiger partial charge is 0.155 e. The Morgan fingerprint density at radius 1 is 1.15 bits per heavy atom. The van der Waals surface area contributed by atoms with Gasteiger partial charge in [0.25, 0.3) is 0 Å². The van der Waals surface area contributed by atoms with E-state index in [4.69, 9.17) is 4.74 Å². The molecule has 2 heterocycles. The van der Waals surface area contributed by atoms with Gasteiger partial charge in [-0.3, -0.25) is 0 Å². The van der Waals surface area contributed by atoms with Gasteiger partial charge in [0.1, 0.15) is 17.4 Å². The highest BCUT2D eigenvalue weighted by molar-refractivity contribution is 5.38. The molecule has 0 aliphatic heterocycles. The van der Waals surface area contributed by atoms with Gasteiger partial charge in [0.05, 0.1) is 6.61 Å². The lowest BCUT2D eigenvalue weighted by Gasteiger charge is -2.06. The van der Waals surface area contributed by atoms with E-state index in [0.29, 0.717) is 12.4 Å². The van der Waals surface area contributed by atoms with Crippen LogP contribution in [0.2, 0.25) is 0 Å². The molecule has 0 spiro atoms. The van der Waals surface area contributed by atoms with Gasteiger partial charge in [0, 0.05) is 12.6 Å². The first-order valence-electron chi connectivity index (χ1n) is 6.41. The first kappa shape index (κ1) is 12.6. The van der Waals surface area contributed by atoms with Crippen molar-refractivity contribution in [1.29, 1.82) is 0 Å². The summed E-state index contributed by atoms with van der Waals surface area (Å²) in [6, 6.07) is 9.97. The molecule has 20 heavy (non-hydrogen) atoms. The van der Waals surface area contributed by atoms with Crippen molar-refractivity contribution in [2.24, 2.45) is 0 Å². The summed E-state index contributed by atoms with van der Waals surface area (Å²) in [6.07, 6.45) is 2.70. The lowest BCUT2D eigenvalue weighted by Crippen LogP contribution is -2.02. The second-order valence-electron chi connectivity index (χ2n) is 4.55. The van der Waals surface area contributed by atoms with Crippen molar-refractivity contribution in [3.63, 3.8) is 0 Å². The van der Waals surface area contributed by atoms with E-state index < -0.39 is 0 Å². The number of ether oxygens (including phenoxy) is 1. The maximum Gasteiger partial charge on any atom is 0.155 e. The largest absolute Gasteiger partial charge is 0.493 e. The molecule has 0 saturated carbocycles. The van der Waals surface area contributed by atoms with Crippen LogP contribution in [0.1, 0.15) is 11.4 Å². The summed E-state index contributed by atoms with van der Waals surface area (Å²) < 4.78 is 20.1. The number of hydrogen-bond acceptors (Lipinski definition) is 3. The highest BCUT2D eigenvalue weighted by atomic mass is 19.1. The Morgan fingerprint density at radius 3 is 2.75 bits per heavy atom. The van der Waals surface area contributed by atoms with Gasteiger partial charge in [0.15, 0.2) is 5.65 Å². The van der Waals surface area contributed by atoms with Gasteiger partial charge in [-0.1, -0.05) is 6.07 Å². The van der Waals surface area contributed by atoms with Crippen molar-refractivity contribution >= 4 is 5.65 Å². The second-order valence-corrected chi connectivity index (χ2v) is 4.55. The van der Waals surface area contributed by atoms with Gasteiger partial charge >= 0.3 is 0 Å². The average Bonchev–Trinajstić information content (AvgIpc) is 2.80. The molecule has 0 aliphatic carbocycles. The van der Waals surface area contributed by atoms with Crippen LogP contribution < -0.4 is 4.74 Å². The number of fused-ring (bicyclic) bond motifs is 1. The Morgan fingerprint density at radius 2 is 1.95 bits per heavy atom. The summed E-state index contributed by atoms with van der Waals surface area (Å²) in [5, 5.41) is 4.27. The second kappa shape index (κ2) is 5.28. The summed E-state index contributed by atoms with van der Waals surface area (Å²) in [7, 11) is 0. The van der Waals surface area contributed by atoms with Crippen LogP contribution in [0.5, 0.6) is 5.75 Å². The molecule has 0 unspecified atom stereocenters. The van der Waals surface area contributed by atoms with Crippen LogP contribution in [0, 0.1) is 12.7 Å². The zero-order valence-electron chi connectivity index (χ0n) is 11.1. The molecule has 2 aromatic heterocycles. The predicted octanol–water partition coefficient (Wildman–Crippen LogP) is 2.80. The van der Waals surface area contributed by atoms with E-state index in [9.17, 15) is 4.39 Å². The SMILES string of the molecule is Cc1nc2ccc(CCOc3ccc(F)cc3)cn2n1. The van der Waals surface area contributed by atoms with Crippen LogP contribution in [-0.2, 0) is 6.42 Å². The van der Waals surface area contributed by atoms with Crippen molar-refractivity contribution < 1.29 is 9.13 Å². The van der Waals surface area contributed by atoms with Gasteiger partial charge in [0.2, 0.25) is 0 Å². The molecule has 5 heteroatoms. The molecule has 0 radical (unpaired) electrons. The van der Waals surface area contributed by atoms with E-state index >= 15 is 0 Å². The number of rotatable bonds is 4. The van der Waals surface area contributed by atoms with Gasteiger partial charge in [-0.2, -0.15) is 5.10 Å². The molecular formula is C15H14FN3O. The molecule has 0 atom stereocenters. The number of pyridine rings is 1. The molecule has 0 amide bonds. The summed E-state index contributed by atoms with van der Waals surface area (Å²) >= 11 is 0. The monoisotopic (exact) mass is 271 g/mol. The summed E-state index contributed by atoms with van der Waals surface area (Å²) in [6.45, 7) is 2.40. The molecule has 0 saturated heterocycles. The highest BCUT2D eigenvalue weighted by Crippen LogP contribution is 2.12. The van der Waals surface area contributed by atoms with E-state index in [1.807, 2.05) is 25.3 Å². The highest BCUT2D eigenvalue weighted by Gasteiger charge is 2.01. The van der Waals surface area contributed by atoms with Crippen LogP contribution in [0.25, 0.3) is 5.65 Å². The Hall–Kier alpha value is -2.43. The molecular weight excluding hydrogens is 257 g/mol. The lowest BCUT2D eigenvalue weighted by molar-refractivity contribution is 0.321. The van der Waals surface area contributed by atoms with Crippen LogP contribution in [0.3, 0.4) is 0 Å². The fourth-order valence-electron chi connectivity index (χ4n) is 2.00. The number of aryl methyl sites for hydroxylation is 1. The average molecular weight is 271 g/mol. The van der Waals surface area contributed by atoms with Crippen molar-refractivity contribution in [3.8, 4) is 5.75 Å². The van der Waals surface area contributed by atoms with E-state index in [-0.39, 0.29) is 5.82 Å². The minimum absolute atomic E-state index is 0.260. The Bertz CT molecular complexity index is 722. The third kappa shape index (κ3) is 2.77. The zero-order chi connectivity index (χ0) is 13.9. The lowest BCUT2D eigenvalue weighted by atomic mass is 10.2. The summed E-state index contributed by atoms with van der Waals surface area (Å²) in [4.78, 5) is 4.28. The fraction of sp³-hybridized carbons (Fsp3) is 0.200. The summed E-state index contributed by atoms with van der Waals surface area (Å²) in [5.41, 5.74) is 1.95. The third-order valence-corrected chi connectivity index (χ3v) is 2.97. The minimum Gasteiger partial charge on any atom is -0.493 e. The molecule has 1 aromatic carbocycles. The molecule has 0 fully saturated rings. The minimum atomic E-state index is -0.260. The van der Waals surface area contributed by atoms with Crippen LogP contribution in [-0.4, -0.2) is 21.2 Å². The van der Waals surface area contributed by atoms with E-state index in [1.165, 1.54) is 12.1 Å². The summed E-state index contributed by atoms with van der Waals surface area (Å²) in [5.74, 6) is 1.16. The van der Waals surface area contributed by atoms with Gasteiger partial charge in [-0.25, -0.2) is 13.9 Å². The number of hydrogen-bond donors (Lipinski definition) is 0. The predicted molar refractivity (Wildman–Crippen MR) is 73.3 cm³/mol. The topological polar surface area (TPSA) is 39.4 Å². The number of nitrogens with zero attached hydrogens (tertiary/aromatic N) is 3. The molecule has 102 valence electrons. The Labute approximate surface area is 115 Å². The Balaban J connectivity index is 1.63. The van der Waals surface area contributed by atoms with Gasteiger partial charge in [-0.15, -0.1) is 0 Å². The fourth-order valence-corrected chi connectivity index (χ4v) is 2.00. The van der Waals surface area contributed by atoms with E-state index in [0.717, 1.165) is 23.5 Å². The molecule has 3 aromatic rings. The van der Waals surface area contributed by atoms with Crippen molar-refractivity contribution in [1.82, 2.24) is 14.6 Å². The van der Waals surface area contributed by atoms with E-state index in [2.05, 4.69) is 10.1 Å². The normalized spacial score (nSPS) is 10.9. The molecule has 3 rings (SSSR count). The molecule has 0 N–H and O–H groups in total. The Kier molecular flexibility index (Phi) is 3.33. The van der Waals surface area contributed by atoms with Crippen LogP contribution in [0.4, 0.5) is 4.39 Å². The number of aromatic nitrogens is 3. The first-order chi connectivity index (χ1) is 9.70. The third-order valence-electron chi connectivity index (χ3n) is 2.97. The van der Waals surface area contributed by atoms with Crippen molar-refractivity contribution in [2.75, 3.05) is 6.61 Å². The zero-order valence-corrected chi connectivity index (χ0v) is 11.1. The van der Waals surface area contributed by atoms with E-state index in [1.54, 1.807) is 16.6 Å². The van der Waals surface area contributed by atoms with Crippen molar-refractivity contribution in [3.05, 3.63) is 59.8 Å². The maximum atomic E-state index is 12.8.